The van der Waals surface area contributed by atoms with Crippen LogP contribution in [0.4, 0.5) is 0 Å². The second-order valence-electron chi connectivity index (χ2n) is 18.0. The van der Waals surface area contributed by atoms with Crippen molar-refractivity contribution >= 4 is 82.4 Å². The van der Waals surface area contributed by atoms with Crippen molar-refractivity contribution in [1.29, 1.82) is 0 Å². The van der Waals surface area contributed by atoms with Crippen molar-refractivity contribution in [2.45, 2.75) is 23.7 Å². The molecule has 0 spiro atoms. The van der Waals surface area contributed by atoms with Gasteiger partial charge in [0.25, 0.3) is 0 Å². The molecule has 12 aromatic rings. The van der Waals surface area contributed by atoms with Gasteiger partial charge in [-0.15, -0.1) is 0 Å². The number of carbonyl (C=O) groups excluding carboxylic acids is 2. The second-order valence-corrected chi connectivity index (χ2v) is 18.0. The molecule has 0 amide bonds. The lowest BCUT2D eigenvalue weighted by Gasteiger charge is -2.30. The number of Topliss-reactive ketones (excluding diaryl/α,β-unsaturated/α-hetero) is 2. The molecule has 6 aliphatic carbocycles. The molecular weight excluding hydrogens is 759 g/mol. The lowest BCUT2D eigenvalue weighted by atomic mass is 9.72. The van der Waals surface area contributed by atoms with Crippen LogP contribution in [-0.2, 0) is 0 Å². The molecule has 0 saturated carbocycles. The molecule has 0 atom stereocenters. The van der Waals surface area contributed by atoms with Crippen molar-refractivity contribution in [2.75, 3.05) is 0 Å². The van der Waals surface area contributed by atoms with Gasteiger partial charge in [-0.05, 0) is 109 Å². The molecular formula is C58H31NO3. The van der Waals surface area contributed by atoms with Crippen molar-refractivity contribution < 1.29 is 14.0 Å². The van der Waals surface area contributed by atoms with Crippen LogP contribution in [0.25, 0.3) is 70.8 Å². The summed E-state index contributed by atoms with van der Waals surface area (Å²) in [7, 11) is 0. The fraction of sp³-hybridized carbons (Fsp3) is 0.0690. The second kappa shape index (κ2) is 10.7. The number of rotatable bonds is 0. The average molecular weight is 790 g/mol. The van der Waals surface area contributed by atoms with E-state index in [0.717, 1.165) is 115 Å². The average Bonchev–Trinajstić information content (AvgIpc) is 3.86. The normalized spacial score (nSPS) is 19.4. The van der Waals surface area contributed by atoms with E-state index in [1.807, 2.05) is 0 Å². The first kappa shape index (κ1) is 32.0. The molecule has 4 nitrogen and oxygen atoms in total. The summed E-state index contributed by atoms with van der Waals surface area (Å²) in [5.41, 5.74) is 17.5. The van der Waals surface area contributed by atoms with Gasteiger partial charge in [0.2, 0.25) is 0 Å². The summed E-state index contributed by atoms with van der Waals surface area (Å²) < 4.78 is 9.41. The van der Waals surface area contributed by atoms with Crippen molar-refractivity contribution in [3.8, 4) is 0 Å². The van der Waals surface area contributed by atoms with E-state index in [1.165, 1.54) is 22.3 Å². The Labute approximate surface area is 353 Å². The largest absolute Gasteiger partial charge is 0.455 e. The number of ketones is 2. The number of fused-ring (bicyclic) bond motifs is 11. The van der Waals surface area contributed by atoms with E-state index in [2.05, 4.69) is 168 Å². The lowest BCUT2D eigenvalue weighted by Crippen LogP contribution is -2.19. The van der Waals surface area contributed by atoms with E-state index in [9.17, 15) is 0 Å². The monoisotopic (exact) mass is 789 g/mol. The van der Waals surface area contributed by atoms with E-state index in [4.69, 9.17) is 4.42 Å². The van der Waals surface area contributed by atoms with Gasteiger partial charge in [-0.25, -0.2) is 0 Å². The maximum absolute atomic E-state index is 15.3. The molecule has 9 aromatic carbocycles. The fourth-order valence-electron chi connectivity index (χ4n) is 12.9. The number of benzene rings is 9. The van der Waals surface area contributed by atoms with Crippen LogP contribution in [0.1, 0.15) is 100 Å². The Hall–Kier alpha value is -7.82. The van der Waals surface area contributed by atoms with Crippen LogP contribution >= 0.6 is 0 Å². The molecule has 6 aliphatic rings. The van der Waals surface area contributed by atoms with Crippen LogP contribution in [-0.4, -0.2) is 16.0 Å². The highest BCUT2D eigenvalue weighted by atomic mass is 16.3. The Balaban J connectivity index is 1.09. The molecule has 62 heavy (non-hydrogen) atoms. The third-order valence-electron chi connectivity index (χ3n) is 15.4. The molecule has 0 aliphatic heterocycles. The van der Waals surface area contributed by atoms with Gasteiger partial charge >= 0.3 is 0 Å². The maximum atomic E-state index is 15.3. The zero-order valence-corrected chi connectivity index (χ0v) is 33.1. The molecule has 18 rings (SSSR count). The summed E-state index contributed by atoms with van der Waals surface area (Å²) in [5, 5.41) is 8.73. The third-order valence-corrected chi connectivity index (χ3v) is 15.4. The molecule has 286 valence electrons. The van der Waals surface area contributed by atoms with Gasteiger partial charge < -0.3 is 8.82 Å². The summed E-state index contributed by atoms with van der Waals surface area (Å²) in [6.07, 6.45) is 0. The lowest BCUT2D eigenvalue weighted by molar-refractivity contribution is 0.0966. The molecule has 0 fully saturated rings. The Morgan fingerprint density at radius 3 is 1.32 bits per heavy atom. The highest BCUT2D eigenvalue weighted by Gasteiger charge is 2.45. The van der Waals surface area contributed by atoms with Gasteiger partial charge in [-0.1, -0.05) is 121 Å². The van der Waals surface area contributed by atoms with Gasteiger partial charge in [0.15, 0.2) is 11.6 Å². The van der Waals surface area contributed by atoms with Crippen LogP contribution < -0.4 is 0 Å². The standard InChI is InChI=1S/C58H31NO3/c60-56-43-26-47-38(23-40(43)50-30-13-3-7-17-34(30)52(56)35-18-8-4-14-31(35)50)42-25-45-39-21-28-11-1-2-12-29(28)22-49(39)62-58(45)54-46-24-41-44(27-48(46)59(47)55(42)54)57(61)53-36-19-9-5-15-32(36)51(41)33-16-6-10-20-37(33)53/h1-27,50-53H. The van der Waals surface area contributed by atoms with Gasteiger partial charge in [-0.3, -0.25) is 9.59 Å². The minimum atomic E-state index is -0.383. The van der Waals surface area contributed by atoms with Gasteiger partial charge in [-0.2, -0.15) is 0 Å². The number of aromatic nitrogens is 1. The van der Waals surface area contributed by atoms with Crippen molar-refractivity contribution in [2.24, 2.45) is 0 Å². The SMILES string of the molecule is O=C1c2cc3c(cc2C2c4ccccc4C1c1ccccc12)c1cc2c4cc5ccccc5cc4oc2c2c4cc5c(cc4n3c12)C(=O)C1c2ccccc2C5c2ccccc21. The molecule has 0 unspecified atom stereocenters. The molecule has 4 heteroatoms. The minimum absolute atomic E-state index is 0.0745. The fourth-order valence-corrected chi connectivity index (χ4v) is 12.9. The number of furan rings is 1. The zero-order valence-electron chi connectivity index (χ0n) is 33.1. The zero-order chi connectivity index (χ0) is 40.3. The minimum Gasteiger partial charge on any atom is -0.455 e. The van der Waals surface area contributed by atoms with Crippen molar-refractivity contribution in [3.63, 3.8) is 0 Å². The van der Waals surface area contributed by atoms with E-state index < -0.39 is 0 Å². The maximum Gasteiger partial charge on any atom is 0.175 e. The highest BCUT2D eigenvalue weighted by Crippen LogP contribution is 2.56. The summed E-state index contributed by atoms with van der Waals surface area (Å²) in [6.45, 7) is 0. The van der Waals surface area contributed by atoms with Crippen LogP contribution in [0.3, 0.4) is 0 Å². The van der Waals surface area contributed by atoms with E-state index in [-0.39, 0.29) is 35.2 Å². The topological polar surface area (TPSA) is 51.7 Å². The third kappa shape index (κ3) is 3.59. The van der Waals surface area contributed by atoms with Crippen LogP contribution in [0, 0.1) is 0 Å². The van der Waals surface area contributed by atoms with Gasteiger partial charge in [0.1, 0.15) is 11.2 Å². The Kier molecular flexibility index (Phi) is 5.54. The number of carbonyl (C=O) groups is 2. The van der Waals surface area contributed by atoms with E-state index in [1.54, 1.807) is 0 Å². The highest BCUT2D eigenvalue weighted by molar-refractivity contribution is 6.34. The summed E-state index contributed by atoms with van der Waals surface area (Å²) in [4.78, 5) is 30.5. The molecule has 0 radical (unpaired) electrons. The number of nitrogens with zero attached hydrogens (tertiary/aromatic N) is 1. The number of hydrogen-bond donors (Lipinski definition) is 0. The predicted molar refractivity (Wildman–Crippen MR) is 246 cm³/mol. The van der Waals surface area contributed by atoms with E-state index in [0.29, 0.717) is 0 Å². The summed E-state index contributed by atoms with van der Waals surface area (Å²) in [5.74, 6) is -0.665. The van der Waals surface area contributed by atoms with Gasteiger partial charge in [0.05, 0.1) is 33.8 Å². The molecule has 0 N–H and O–H groups in total. The van der Waals surface area contributed by atoms with Gasteiger partial charge in [0, 0.05) is 49.9 Å². The Bertz CT molecular complexity index is 4030. The summed E-state index contributed by atoms with van der Waals surface area (Å²) >= 11 is 0. The smallest absolute Gasteiger partial charge is 0.175 e. The first-order chi connectivity index (χ1) is 30.6. The van der Waals surface area contributed by atoms with Crippen LogP contribution in [0.15, 0.2) is 168 Å². The van der Waals surface area contributed by atoms with E-state index >= 15 is 9.59 Å². The Morgan fingerprint density at radius 2 is 0.806 bits per heavy atom. The summed E-state index contributed by atoms with van der Waals surface area (Å²) in [6, 6.07) is 58.4. The van der Waals surface area contributed by atoms with Crippen LogP contribution in [0.2, 0.25) is 0 Å². The first-order valence-electron chi connectivity index (χ1n) is 21.6. The molecule has 3 heterocycles. The quantitative estimate of drug-likeness (QED) is 0.154. The molecule has 3 aromatic heterocycles. The Morgan fingerprint density at radius 1 is 0.371 bits per heavy atom. The van der Waals surface area contributed by atoms with Crippen molar-refractivity contribution in [3.05, 3.63) is 231 Å². The number of hydrogen-bond acceptors (Lipinski definition) is 3. The first-order valence-corrected chi connectivity index (χ1v) is 21.6. The van der Waals surface area contributed by atoms with Crippen LogP contribution in [0.5, 0.6) is 0 Å². The molecule has 0 saturated heterocycles. The predicted octanol–water partition coefficient (Wildman–Crippen LogP) is 13.5. The van der Waals surface area contributed by atoms with Crippen molar-refractivity contribution in [1.82, 2.24) is 4.40 Å². The molecule has 4 bridgehead atoms.